The summed E-state index contributed by atoms with van der Waals surface area (Å²) in [4.78, 5) is 2.02. The Morgan fingerprint density at radius 1 is 1.29 bits per heavy atom. The van der Waals surface area contributed by atoms with Crippen LogP contribution in [-0.2, 0) is 0 Å². The number of benzene rings is 1. The van der Waals surface area contributed by atoms with E-state index in [1.54, 1.807) is 25.1 Å². The monoisotopic (exact) mass is 302 g/mol. The molecule has 118 valence electrons. The van der Waals surface area contributed by atoms with E-state index in [9.17, 15) is 18.3 Å². The third-order valence-electron chi connectivity index (χ3n) is 3.92. The van der Waals surface area contributed by atoms with Crippen LogP contribution in [0.3, 0.4) is 0 Å². The van der Waals surface area contributed by atoms with Gasteiger partial charge in [-0.25, -0.2) is 0 Å². The van der Waals surface area contributed by atoms with Crippen molar-refractivity contribution in [1.82, 2.24) is 10.2 Å². The third kappa shape index (κ3) is 4.35. The standard InChI is InChI=1S/C15H21F3N2O/c1-11-3-2-4-12(14(11)21)13(5-6-15(16,17)18)20-9-7-19-8-10-20/h2-4,13,19,21H,5-10H2,1H3/t13-/m1/s1. The molecule has 1 saturated heterocycles. The van der Waals surface area contributed by atoms with E-state index in [1.165, 1.54) is 0 Å². The number of rotatable bonds is 4. The smallest absolute Gasteiger partial charge is 0.389 e. The molecule has 1 aliphatic rings. The molecule has 2 N–H and O–H groups in total. The lowest BCUT2D eigenvalue weighted by Crippen LogP contribution is -2.45. The normalized spacial score (nSPS) is 18.7. The molecular weight excluding hydrogens is 281 g/mol. The maximum Gasteiger partial charge on any atom is 0.389 e. The quantitative estimate of drug-likeness (QED) is 0.897. The first-order valence-corrected chi connectivity index (χ1v) is 7.18. The van der Waals surface area contributed by atoms with Gasteiger partial charge in [0.15, 0.2) is 0 Å². The second-order valence-electron chi connectivity index (χ2n) is 5.47. The number of phenolic OH excluding ortho intramolecular Hbond substituents is 1. The van der Waals surface area contributed by atoms with Crippen molar-refractivity contribution in [3.8, 4) is 5.75 Å². The fourth-order valence-electron chi connectivity index (χ4n) is 2.78. The van der Waals surface area contributed by atoms with Crippen molar-refractivity contribution >= 4 is 0 Å². The van der Waals surface area contributed by atoms with E-state index in [1.807, 2.05) is 4.90 Å². The van der Waals surface area contributed by atoms with Crippen molar-refractivity contribution in [3.63, 3.8) is 0 Å². The van der Waals surface area contributed by atoms with Gasteiger partial charge in [-0.1, -0.05) is 18.2 Å². The van der Waals surface area contributed by atoms with Crippen LogP contribution in [0, 0.1) is 6.92 Å². The van der Waals surface area contributed by atoms with Gasteiger partial charge in [-0.3, -0.25) is 4.90 Å². The van der Waals surface area contributed by atoms with Crippen LogP contribution in [0.4, 0.5) is 13.2 Å². The van der Waals surface area contributed by atoms with Crippen molar-refractivity contribution in [2.75, 3.05) is 26.2 Å². The van der Waals surface area contributed by atoms with Crippen LogP contribution < -0.4 is 5.32 Å². The number of alkyl halides is 3. The topological polar surface area (TPSA) is 35.5 Å². The van der Waals surface area contributed by atoms with E-state index >= 15 is 0 Å². The molecule has 21 heavy (non-hydrogen) atoms. The average Bonchev–Trinajstić information content (AvgIpc) is 2.43. The second-order valence-corrected chi connectivity index (χ2v) is 5.47. The lowest BCUT2D eigenvalue weighted by Gasteiger charge is -2.36. The first-order valence-electron chi connectivity index (χ1n) is 7.18. The molecule has 1 atom stereocenters. The summed E-state index contributed by atoms with van der Waals surface area (Å²) in [6.45, 7) is 4.66. The number of piperazine rings is 1. The molecule has 0 amide bonds. The molecule has 0 saturated carbocycles. The van der Waals surface area contributed by atoms with Crippen LogP contribution in [0.25, 0.3) is 0 Å². The Hall–Kier alpha value is -1.27. The average molecular weight is 302 g/mol. The van der Waals surface area contributed by atoms with E-state index in [0.29, 0.717) is 24.2 Å². The van der Waals surface area contributed by atoms with Gasteiger partial charge < -0.3 is 10.4 Å². The molecule has 1 fully saturated rings. The lowest BCUT2D eigenvalue weighted by molar-refractivity contribution is -0.138. The number of halogens is 3. The molecule has 0 aliphatic carbocycles. The number of phenols is 1. The number of aryl methyl sites for hydroxylation is 1. The van der Waals surface area contributed by atoms with E-state index in [0.717, 1.165) is 13.1 Å². The minimum absolute atomic E-state index is 0.0273. The Balaban J connectivity index is 2.23. The molecule has 6 heteroatoms. The van der Waals surface area contributed by atoms with E-state index in [2.05, 4.69) is 5.32 Å². The fraction of sp³-hybridized carbons (Fsp3) is 0.600. The Morgan fingerprint density at radius 2 is 1.95 bits per heavy atom. The largest absolute Gasteiger partial charge is 0.507 e. The molecule has 0 bridgehead atoms. The molecule has 0 unspecified atom stereocenters. The van der Waals surface area contributed by atoms with Gasteiger partial charge in [0.1, 0.15) is 5.75 Å². The second kappa shape index (κ2) is 6.66. The van der Waals surface area contributed by atoms with Gasteiger partial charge in [-0.15, -0.1) is 0 Å². The van der Waals surface area contributed by atoms with Crippen molar-refractivity contribution < 1.29 is 18.3 Å². The van der Waals surface area contributed by atoms with Crippen LogP contribution in [0.5, 0.6) is 5.75 Å². The third-order valence-corrected chi connectivity index (χ3v) is 3.92. The first-order chi connectivity index (χ1) is 9.88. The fourth-order valence-corrected chi connectivity index (χ4v) is 2.78. The van der Waals surface area contributed by atoms with Crippen LogP contribution in [0.2, 0.25) is 0 Å². The Kier molecular flexibility index (Phi) is 5.11. The molecule has 1 heterocycles. The minimum Gasteiger partial charge on any atom is -0.507 e. The molecule has 2 rings (SSSR count). The molecular formula is C15H21F3N2O. The molecule has 0 spiro atoms. The summed E-state index contributed by atoms with van der Waals surface area (Å²) in [5.41, 5.74) is 1.29. The highest BCUT2D eigenvalue weighted by Crippen LogP contribution is 2.36. The highest BCUT2D eigenvalue weighted by molar-refractivity contribution is 5.41. The summed E-state index contributed by atoms with van der Waals surface area (Å²) < 4.78 is 37.8. The number of aromatic hydroxyl groups is 1. The summed E-state index contributed by atoms with van der Waals surface area (Å²) in [6.07, 6.45) is -5.04. The summed E-state index contributed by atoms with van der Waals surface area (Å²) in [5, 5.41) is 13.4. The molecule has 0 radical (unpaired) electrons. The maximum atomic E-state index is 12.6. The van der Waals surface area contributed by atoms with Gasteiger partial charge >= 0.3 is 6.18 Å². The zero-order valence-corrected chi connectivity index (χ0v) is 12.1. The van der Waals surface area contributed by atoms with Crippen LogP contribution in [0.1, 0.15) is 30.0 Å². The maximum absolute atomic E-state index is 12.6. The van der Waals surface area contributed by atoms with Crippen molar-refractivity contribution in [2.45, 2.75) is 32.0 Å². The van der Waals surface area contributed by atoms with Crippen molar-refractivity contribution in [3.05, 3.63) is 29.3 Å². The molecule has 1 aromatic rings. The Labute approximate surface area is 122 Å². The molecule has 1 aliphatic heterocycles. The minimum atomic E-state index is -4.17. The lowest BCUT2D eigenvalue weighted by atomic mass is 9.96. The number of nitrogens with one attached hydrogen (secondary N) is 1. The van der Waals surface area contributed by atoms with Gasteiger partial charge in [0.2, 0.25) is 0 Å². The van der Waals surface area contributed by atoms with Gasteiger partial charge in [0.05, 0.1) is 0 Å². The molecule has 0 aromatic heterocycles. The summed E-state index contributed by atoms with van der Waals surface area (Å²) in [5.74, 6) is 0.114. The molecule has 1 aromatic carbocycles. The zero-order valence-electron chi connectivity index (χ0n) is 12.1. The number of hydrogen-bond donors (Lipinski definition) is 2. The van der Waals surface area contributed by atoms with E-state index < -0.39 is 18.6 Å². The predicted molar refractivity (Wildman–Crippen MR) is 75.3 cm³/mol. The van der Waals surface area contributed by atoms with Gasteiger partial charge in [-0.2, -0.15) is 13.2 Å². The van der Waals surface area contributed by atoms with Gasteiger partial charge in [0.25, 0.3) is 0 Å². The Bertz CT molecular complexity index is 470. The first kappa shape index (κ1) is 16.1. The predicted octanol–water partition coefficient (Wildman–Crippen LogP) is 2.99. The van der Waals surface area contributed by atoms with Crippen molar-refractivity contribution in [1.29, 1.82) is 0 Å². The molecule has 3 nitrogen and oxygen atoms in total. The highest BCUT2D eigenvalue weighted by atomic mass is 19.4. The number of para-hydroxylation sites is 1. The number of nitrogens with zero attached hydrogens (tertiary/aromatic N) is 1. The van der Waals surface area contributed by atoms with Crippen LogP contribution in [-0.4, -0.2) is 42.4 Å². The van der Waals surface area contributed by atoms with Crippen LogP contribution in [0.15, 0.2) is 18.2 Å². The SMILES string of the molecule is Cc1cccc([C@@H](CCC(F)(F)F)N2CCNCC2)c1O. The van der Waals surface area contributed by atoms with Crippen LogP contribution >= 0.6 is 0 Å². The number of hydrogen-bond acceptors (Lipinski definition) is 3. The summed E-state index contributed by atoms with van der Waals surface area (Å²) >= 11 is 0. The highest BCUT2D eigenvalue weighted by Gasteiger charge is 2.32. The van der Waals surface area contributed by atoms with E-state index in [-0.39, 0.29) is 12.2 Å². The Morgan fingerprint density at radius 3 is 2.57 bits per heavy atom. The van der Waals surface area contributed by atoms with Gasteiger partial charge in [0, 0.05) is 44.2 Å². The van der Waals surface area contributed by atoms with Crippen molar-refractivity contribution in [2.24, 2.45) is 0 Å². The van der Waals surface area contributed by atoms with Gasteiger partial charge in [-0.05, 0) is 18.9 Å². The summed E-state index contributed by atoms with van der Waals surface area (Å²) in [7, 11) is 0. The van der Waals surface area contributed by atoms with E-state index in [4.69, 9.17) is 0 Å². The zero-order chi connectivity index (χ0) is 15.5. The summed E-state index contributed by atoms with van der Waals surface area (Å²) in [6, 6.07) is 4.88.